The van der Waals surface area contributed by atoms with Crippen LogP contribution in [0.3, 0.4) is 0 Å². The molecule has 3 atom stereocenters. The summed E-state index contributed by atoms with van der Waals surface area (Å²) < 4.78 is 0. The predicted molar refractivity (Wildman–Crippen MR) is 80.9 cm³/mol. The fourth-order valence-electron chi connectivity index (χ4n) is 3.87. The van der Waals surface area contributed by atoms with Gasteiger partial charge < -0.3 is 15.3 Å². The van der Waals surface area contributed by atoms with E-state index in [2.05, 4.69) is 17.3 Å². The lowest BCUT2D eigenvalue weighted by Gasteiger charge is -2.24. The van der Waals surface area contributed by atoms with E-state index < -0.39 is 11.9 Å². The van der Waals surface area contributed by atoms with Gasteiger partial charge in [0.25, 0.3) is 0 Å². The van der Waals surface area contributed by atoms with Crippen LogP contribution in [0.5, 0.6) is 0 Å². The van der Waals surface area contributed by atoms with Crippen LogP contribution in [0, 0.1) is 17.8 Å². The molecule has 2 rings (SSSR count). The molecule has 0 aromatic rings. The summed E-state index contributed by atoms with van der Waals surface area (Å²) in [5.74, 6) is -1.45. The molecule has 0 aliphatic heterocycles. The second-order valence-electron chi connectivity index (χ2n) is 6.84. The largest absolute Gasteiger partial charge is 0.481 e. The number of nitrogens with one attached hydrogen (secondary N) is 1. The number of rotatable bonds is 6. The van der Waals surface area contributed by atoms with Crippen molar-refractivity contribution in [2.45, 2.75) is 51.5 Å². The molecule has 120 valence electrons. The van der Waals surface area contributed by atoms with Crippen molar-refractivity contribution in [1.29, 1.82) is 0 Å². The van der Waals surface area contributed by atoms with Gasteiger partial charge in [0.05, 0.1) is 11.8 Å². The summed E-state index contributed by atoms with van der Waals surface area (Å²) in [4.78, 5) is 25.8. The molecule has 2 N–H and O–H groups in total. The van der Waals surface area contributed by atoms with E-state index in [0.717, 1.165) is 6.54 Å². The SMILES string of the molecule is CC1CC(C(=O)O)C(C(=O)NCCN(C)C2CCCC2)C1. The number of carboxylic acid groups (broad SMARTS) is 1. The summed E-state index contributed by atoms with van der Waals surface area (Å²) in [5, 5.41) is 12.2. The van der Waals surface area contributed by atoms with Gasteiger partial charge in [0, 0.05) is 19.1 Å². The molecule has 2 aliphatic carbocycles. The standard InChI is InChI=1S/C16H28N2O3/c1-11-9-13(14(10-11)16(20)21)15(19)17-7-8-18(2)12-5-3-4-6-12/h11-14H,3-10H2,1-2H3,(H,17,19)(H,20,21). The highest BCUT2D eigenvalue weighted by Gasteiger charge is 2.41. The summed E-state index contributed by atoms with van der Waals surface area (Å²) in [7, 11) is 2.11. The van der Waals surface area contributed by atoms with Crippen molar-refractivity contribution < 1.29 is 14.7 Å². The minimum atomic E-state index is -0.831. The monoisotopic (exact) mass is 296 g/mol. The number of hydrogen-bond donors (Lipinski definition) is 2. The summed E-state index contributed by atoms with van der Waals surface area (Å²) >= 11 is 0. The quantitative estimate of drug-likeness (QED) is 0.783. The number of aliphatic carboxylic acids is 1. The van der Waals surface area contributed by atoms with E-state index in [9.17, 15) is 14.7 Å². The zero-order chi connectivity index (χ0) is 15.4. The second kappa shape index (κ2) is 7.25. The molecule has 5 nitrogen and oxygen atoms in total. The Balaban J connectivity index is 1.74. The minimum absolute atomic E-state index is 0.0772. The van der Waals surface area contributed by atoms with Crippen LogP contribution in [0.4, 0.5) is 0 Å². The Morgan fingerprint density at radius 3 is 2.43 bits per heavy atom. The lowest BCUT2D eigenvalue weighted by Crippen LogP contribution is -2.41. The maximum absolute atomic E-state index is 12.2. The van der Waals surface area contributed by atoms with E-state index in [1.54, 1.807) is 0 Å². The van der Waals surface area contributed by atoms with Crippen LogP contribution in [0.15, 0.2) is 0 Å². The van der Waals surface area contributed by atoms with Gasteiger partial charge in [-0.25, -0.2) is 0 Å². The van der Waals surface area contributed by atoms with Crippen LogP contribution in [-0.2, 0) is 9.59 Å². The molecule has 1 amide bonds. The second-order valence-corrected chi connectivity index (χ2v) is 6.84. The molecule has 0 bridgehead atoms. The van der Waals surface area contributed by atoms with E-state index in [-0.39, 0.29) is 11.8 Å². The zero-order valence-corrected chi connectivity index (χ0v) is 13.2. The maximum atomic E-state index is 12.2. The lowest BCUT2D eigenvalue weighted by molar-refractivity contribution is -0.146. The predicted octanol–water partition coefficient (Wildman–Crippen LogP) is 1.72. The van der Waals surface area contributed by atoms with Crippen molar-refractivity contribution in [3.8, 4) is 0 Å². The first-order valence-corrected chi connectivity index (χ1v) is 8.19. The van der Waals surface area contributed by atoms with Crippen LogP contribution >= 0.6 is 0 Å². The minimum Gasteiger partial charge on any atom is -0.481 e. The molecule has 5 heteroatoms. The maximum Gasteiger partial charge on any atom is 0.307 e. The molecule has 2 saturated carbocycles. The summed E-state index contributed by atoms with van der Waals surface area (Å²) in [6.45, 7) is 3.48. The van der Waals surface area contributed by atoms with Crippen molar-refractivity contribution >= 4 is 11.9 Å². The Labute approximate surface area is 127 Å². The van der Waals surface area contributed by atoms with Gasteiger partial charge in [0.2, 0.25) is 5.91 Å². The first-order chi connectivity index (χ1) is 9.99. The molecule has 0 heterocycles. The highest BCUT2D eigenvalue weighted by Crippen LogP contribution is 2.36. The Hall–Kier alpha value is -1.10. The third-order valence-corrected chi connectivity index (χ3v) is 5.16. The van der Waals surface area contributed by atoms with E-state index in [4.69, 9.17) is 0 Å². The molecule has 0 saturated heterocycles. The lowest BCUT2D eigenvalue weighted by atomic mass is 9.95. The zero-order valence-electron chi connectivity index (χ0n) is 13.2. The third-order valence-electron chi connectivity index (χ3n) is 5.16. The summed E-state index contributed by atoms with van der Waals surface area (Å²) in [6.07, 6.45) is 6.44. The highest BCUT2D eigenvalue weighted by molar-refractivity contribution is 5.85. The van der Waals surface area contributed by atoms with Crippen LogP contribution in [0.2, 0.25) is 0 Å². The molecule has 3 unspecified atom stereocenters. The highest BCUT2D eigenvalue weighted by atomic mass is 16.4. The average molecular weight is 296 g/mol. The van der Waals surface area contributed by atoms with Crippen LogP contribution < -0.4 is 5.32 Å². The molecular formula is C16H28N2O3. The number of carbonyl (C=O) groups excluding carboxylic acids is 1. The Morgan fingerprint density at radius 1 is 1.19 bits per heavy atom. The van der Waals surface area contributed by atoms with Crippen molar-refractivity contribution in [2.24, 2.45) is 17.8 Å². The first-order valence-electron chi connectivity index (χ1n) is 8.19. The molecule has 0 spiro atoms. The normalized spacial score (nSPS) is 30.0. The summed E-state index contributed by atoms with van der Waals surface area (Å²) in [5.41, 5.74) is 0. The van der Waals surface area contributed by atoms with E-state index >= 15 is 0 Å². The van der Waals surface area contributed by atoms with E-state index in [0.29, 0.717) is 31.3 Å². The fraction of sp³-hybridized carbons (Fsp3) is 0.875. The molecule has 0 aromatic heterocycles. The van der Waals surface area contributed by atoms with E-state index in [1.165, 1.54) is 25.7 Å². The Morgan fingerprint density at radius 2 is 1.81 bits per heavy atom. The molecule has 0 aromatic carbocycles. The van der Waals surface area contributed by atoms with Crippen LogP contribution in [-0.4, -0.2) is 48.1 Å². The average Bonchev–Trinajstić information content (AvgIpc) is 3.07. The van der Waals surface area contributed by atoms with Gasteiger partial charge in [-0.2, -0.15) is 0 Å². The number of carboxylic acids is 1. The van der Waals surface area contributed by atoms with Gasteiger partial charge in [0.1, 0.15) is 0 Å². The molecule has 21 heavy (non-hydrogen) atoms. The van der Waals surface area contributed by atoms with Crippen molar-refractivity contribution in [3.63, 3.8) is 0 Å². The smallest absolute Gasteiger partial charge is 0.307 e. The topological polar surface area (TPSA) is 69.6 Å². The molecule has 2 fully saturated rings. The number of amides is 1. The van der Waals surface area contributed by atoms with Crippen molar-refractivity contribution in [2.75, 3.05) is 20.1 Å². The van der Waals surface area contributed by atoms with Gasteiger partial charge in [-0.3, -0.25) is 9.59 Å². The third kappa shape index (κ3) is 4.19. The Bertz CT molecular complexity index is 380. The van der Waals surface area contributed by atoms with Crippen LogP contribution in [0.1, 0.15) is 45.4 Å². The van der Waals surface area contributed by atoms with Gasteiger partial charge in [-0.15, -0.1) is 0 Å². The van der Waals surface area contributed by atoms with Gasteiger partial charge in [-0.05, 0) is 38.6 Å². The fourth-order valence-corrected chi connectivity index (χ4v) is 3.87. The first kappa shape index (κ1) is 16.3. The molecular weight excluding hydrogens is 268 g/mol. The van der Waals surface area contributed by atoms with Gasteiger partial charge in [0.15, 0.2) is 0 Å². The Kier molecular flexibility index (Phi) is 5.62. The van der Waals surface area contributed by atoms with E-state index in [1.807, 2.05) is 6.92 Å². The number of hydrogen-bond acceptors (Lipinski definition) is 3. The number of carbonyl (C=O) groups is 2. The van der Waals surface area contributed by atoms with Gasteiger partial charge >= 0.3 is 5.97 Å². The van der Waals surface area contributed by atoms with Gasteiger partial charge in [-0.1, -0.05) is 19.8 Å². The van der Waals surface area contributed by atoms with Crippen LogP contribution in [0.25, 0.3) is 0 Å². The van der Waals surface area contributed by atoms with Crippen molar-refractivity contribution in [1.82, 2.24) is 10.2 Å². The number of likely N-dealkylation sites (N-methyl/N-ethyl adjacent to an activating group) is 1. The summed E-state index contributed by atoms with van der Waals surface area (Å²) in [6, 6.07) is 0.653. The van der Waals surface area contributed by atoms with Crippen molar-refractivity contribution in [3.05, 3.63) is 0 Å². The molecule has 2 aliphatic rings. The molecule has 0 radical (unpaired) electrons. The number of nitrogens with zero attached hydrogens (tertiary/aromatic N) is 1.